The van der Waals surface area contributed by atoms with Crippen LogP contribution in [0.15, 0.2) is 35.1 Å². The van der Waals surface area contributed by atoms with Crippen LogP contribution in [-0.2, 0) is 12.4 Å². The Kier molecular flexibility index (Phi) is 3.33. The molecule has 94 valence electrons. The molecule has 1 aromatic heterocycles. The normalized spacial score (nSPS) is 10.6. The number of benzene rings is 1. The number of aromatic nitrogens is 2. The highest BCUT2D eigenvalue weighted by atomic mass is 79.9. The van der Waals surface area contributed by atoms with Crippen molar-refractivity contribution in [2.24, 2.45) is 7.05 Å². The van der Waals surface area contributed by atoms with Gasteiger partial charge in [-0.2, -0.15) is 0 Å². The van der Waals surface area contributed by atoms with Crippen LogP contribution in [0, 0.1) is 10.1 Å². The van der Waals surface area contributed by atoms with Crippen LogP contribution in [0.4, 0.5) is 5.69 Å². The highest BCUT2D eigenvalue weighted by Crippen LogP contribution is 2.19. The molecule has 0 saturated heterocycles. The molecule has 0 fully saturated rings. The molecule has 0 atom stereocenters. The zero-order valence-electron chi connectivity index (χ0n) is 9.54. The SMILES string of the molecule is Cn1c(CBr)c([N+](=O)[O-])c(=O)n1-c1ccccc1. The third-order valence-corrected chi connectivity index (χ3v) is 3.20. The second-order valence-electron chi connectivity index (χ2n) is 3.66. The zero-order chi connectivity index (χ0) is 13.3. The fraction of sp³-hybridized carbons (Fsp3) is 0.182. The molecule has 0 bridgehead atoms. The number of rotatable bonds is 3. The fourth-order valence-corrected chi connectivity index (χ4v) is 2.46. The van der Waals surface area contributed by atoms with Crippen molar-refractivity contribution in [2.45, 2.75) is 5.33 Å². The minimum absolute atomic E-state index is 0.245. The molecule has 0 spiro atoms. The first-order chi connectivity index (χ1) is 8.57. The summed E-state index contributed by atoms with van der Waals surface area (Å²) in [6.45, 7) is 0. The summed E-state index contributed by atoms with van der Waals surface area (Å²) < 4.78 is 2.78. The van der Waals surface area contributed by atoms with E-state index in [0.29, 0.717) is 11.4 Å². The molecule has 0 aliphatic heterocycles. The number of nitrogens with zero attached hydrogens (tertiary/aromatic N) is 3. The van der Waals surface area contributed by atoms with Crippen LogP contribution in [-0.4, -0.2) is 14.3 Å². The van der Waals surface area contributed by atoms with Crippen molar-refractivity contribution >= 4 is 21.6 Å². The van der Waals surface area contributed by atoms with Crippen LogP contribution in [0.25, 0.3) is 5.69 Å². The van der Waals surface area contributed by atoms with Crippen LogP contribution in [0.3, 0.4) is 0 Å². The third-order valence-electron chi connectivity index (χ3n) is 2.67. The van der Waals surface area contributed by atoms with Gasteiger partial charge in [0.1, 0.15) is 5.69 Å². The smallest absolute Gasteiger partial charge is 0.277 e. The second-order valence-corrected chi connectivity index (χ2v) is 4.22. The highest BCUT2D eigenvalue weighted by molar-refractivity contribution is 9.08. The van der Waals surface area contributed by atoms with E-state index in [2.05, 4.69) is 15.9 Å². The lowest BCUT2D eigenvalue weighted by molar-refractivity contribution is -0.386. The number of para-hydroxylation sites is 1. The molecule has 0 radical (unpaired) electrons. The van der Waals surface area contributed by atoms with Gasteiger partial charge in [-0.05, 0) is 12.1 Å². The fourth-order valence-electron chi connectivity index (χ4n) is 1.83. The summed E-state index contributed by atoms with van der Waals surface area (Å²) in [5.41, 5.74) is -0.0736. The Morgan fingerprint density at radius 3 is 2.39 bits per heavy atom. The molecule has 1 aromatic carbocycles. The van der Waals surface area contributed by atoms with E-state index >= 15 is 0 Å². The largest absolute Gasteiger partial charge is 0.357 e. The lowest BCUT2D eigenvalue weighted by Gasteiger charge is -2.07. The molecule has 0 unspecified atom stereocenters. The topological polar surface area (TPSA) is 70.1 Å². The number of hydrogen-bond donors (Lipinski definition) is 0. The summed E-state index contributed by atoms with van der Waals surface area (Å²) in [7, 11) is 1.62. The molecule has 0 N–H and O–H groups in total. The van der Waals surface area contributed by atoms with Gasteiger partial charge in [0.25, 0.3) is 0 Å². The van der Waals surface area contributed by atoms with Gasteiger partial charge in [-0.3, -0.25) is 19.6 Å². The molecule has 0 saturated carbocycles. The van der Waals surface area contributed by atoms with Gasteiger partial charge in [0.15, 0.2) is 0 Å². The average Bonchev–Trinajstić information content (AvgIpc) is 2.61. The number of hydrogen-bond acceptors (Lipinski definition) is 3. The molecule has 1 heterocycles. The van der Waals surface area contributed by atoms with Gasteiger partial charge < -0.3 is 0 Å². The van der Waals surface area contributed by atoms with Gasteiger partial charge >= 0.3 is 11.2 Å². The Morgan fingerprint density at radius 1 is 1.33 bits per heavy atom. The number of alkyl halides is 1. The summed E-state index contributed by atoms with van der Waals surface area (Å²) in [5, 5.41) is 11.2. The van der Waals surface area contributed by atoms with Crippen LogP contribution >= 0.6 is 15.9 Å². The Bertz CT molecular complexity index is 646. The highest BCUT2D eigenvalue weighted by Gasteiger charge is 2.27. The van der Waals surface area contributed by atoms with Gasteiger partial charge in [0.2, 0.25) is 0 Å². The monoisotopic (exact) mass is 311 g/mol. The minimum atomic E-state index is -0.641. The zero-order valence-corrected chi connectivity index (χ0v) is 11.1. The quantitative estimate of drug-likeness (QED) is 0.494. The van der Waals surface area contributed by atoms with Crippen molar-refractivity contribution in [3.63, 3.8) is 0 Å². The number of halogens is 1. The van der Waals surface area contributed by atoms with E-state index in [4.69, 9.17) is 0 Å². The molecule has 2 aromatic rings. The molecular weight excluding hydrogens is 302 g/mol. The van der Waals surface area contributed by atoms with Crippen LogP contribution in [0.5, 0.6) is 0 Å². The molecule has 0 aliphatic carbocycles. The van der Waals surface area contributed by atoms with Gasteiger partial charge in [-0.25, -0.2) is 4.68 Å². The first-order valence-electron chi connectivity index (χ1n) is 5.14. The van der Waals surface area contributed by atoms with E-state index in [9.17, 15) is 14.9 Å². The van der Waals surface area contributed by atoms with Crippen molar-refractivity contribution < 1.29 is 4.92 Å². The maximum Gasteiger partial charge on any atom is 0.357 e. The Balaban J connectivity index is 2.78. The molecule has 18 heavy (non-hydrogen) atoms. The van der Waals surface area contributed by atoms with Crippen LogP contribution < -0.4 is 5.56 Å². The molecule has 0 aliphatic rings. The van der Waals surface area contributed by atoms with E-state index in [1.165, 1.54) is 9.36 Å². The van der Waals surface area contributed by atoms with Crippen molar-refractivity contribution in [3.05, 3.63) is 56.5 Å². The van der Waals surface area contributed by atoms with Gasteiger partial charge in [-0.15, -0.1) is 0 Å². The van der Waals surface area contributed by atoms with E-state index in [1.807, 2.05) is 6.07 Å². The maximum atomic E-state index is 12.1. The molecule has 0 amide bonds. The number of nitro groups is 1. The Hall–Kier alpha value is -1.89. The van der Waals surface area contributed by atoms with Crippen molar-refractivity contribution in [1.29, 1.82) is 0 Å². The van der Waals surface area contributed by atoms with E-state index in [0.717, 1.165) is 0 Å². The first-order valence-corrected chi connectivity index (χ1v) is 6.26. The summed E-state index contributed by atoms with van der Waals surface area (Å²) >= 11 is 3.17. The van der Waals surface area contributed by atoms with Crippen LogP contribution in [0.1, 0.15) is 5.69 Å². The lowest BCUT2D eigenvalue weighted by atomic mass is 10.3. The van der Waals surface area contributed by atoms with Crippen molar-refractivity contribution in [2.75, 3.05) is 0 Å². The second kappa shape index (κ2) is 4.77. The molecule has 6 nitrogen and oxygen atoms in total. The lowest BCUT2D eigenvalue weighted by Crippen LogP contribution is -2.20. The first kappa shape index (κ1) is 12.6. The summed E-state index contributed by atoms with van der Waals surface area (Å²) in [5.74, 6) is 0. The van der Waals surface area contributed by atoms with E-state index in [-0.39, 0.29) is 5.33 Å². The van der Waals surface area contributed by atoms with Crippen LogP contribution in [0.2, 0.25) is 0 Å². The van der Waals surface area contributed by atoms with Gasteiger partial charge in [0.05, 0.1) is 15.9 Å². The van der Waals surface area contributed by atoms with E-state index in [1.54, 1.807) is 31.3 Å². The average molecular weight is 312 g/mol. The predicted molar refractivity (Wildman–Crippen MR) is 70.3 cm³/mol. The minimum Gasteiger partial charge on any atom is -0.277 e. The maximum absolute atomic E-state index is 12.1. The summed E-state index contributed by atoms with van der Waals surface area (Å²) in [4.78, 5) is 22.4. The molecule has 7 heteroatoms. The van der Waals surface area contributed by atoms with Crippen molar-refractivity contribution in [1.82, 2.24) is 9.36 Å². The summed E-state index contributed by atoms with van der Waals surface area (Å²) in [6, 6.07) is 8.81. The van der Waals surface area contributed by atoms with Gasteiger partial charge in [-0.1, -0.05) is 34.1 Å². The third kappa shape index (κ3) is 1.86. The standard InChI is InChI=1S/C11H10BrN3O3/c1-13-9(7-12)10(15(17)18)11(16)14(13)8-5-3-2-4-6-8/h2-6H,7H2,1H3. The Labute approximate surface area is 111 Å². The molecular formula is C11H10BrN3O3. The molecule has 2 rings (SSSR count). The van der Waals surface area contributed by atoms with E-state index < -0.39 is 16.2 Å². The van der Waals surface area contributed by atoms with Gasteiger partial charge in [0, 0.05) is 7.05 Å². The van der Waals surface area contributed by atoms with Crippen molar-refractivity contribution in [3.8, 4) is 5.69 Å². The summed E-state index contributed by atoms with van der Waals surface area (Å²) in [6.07, 6.45) is 0. The predicted octanol–water partition coefficient (Wildman–Crippen LogP) is 1.98. The Morgan fingerprint density at radius 2 is 1.94 bits per heavy atom.